The molecule has 90 valence electrons. The van der Waals surface area contributed by atoms with E-state index in [0.717, 1.165) is 28.3 Å². The van der Waals surface area contributed by atoms with Gasteiger partial charge in [-0.3, -0.25) is 4.79 Å². The van der Waals surface area contributed by atoms with Gasteiger partial charge in [-0.1, -0.05) is 29.8 Å². The minimum Gasteiger partial charge on any atom is -0.300 e. The van der Waals surface area contributed by atoms with E-state index in [4.69, 9.17) is 11.6 Å². The molecule has 2 rings (SSSR count). The Morgan fingerprint density at radius 1 is 1.47 bits per heavy atom. The Hall–Kier alpha value is -0.730. The number of hydrogen-bond acceptors (Lipinski definition) is 2. The first-order valence-corrected chi connectivity index (χ1v) is 7.33. The number of rotatable bonds is 3. The lowest BCUT2D eigenvalue weighted by atomic mass is 10.1. The van der Waals surface area contributed by atoms with Gasteiger partial charge in [0.05, 0.1) is 5.02 Å². The van der Waals surface area contributed by atoms with Crippen molar-refractivity contribution < 1.29 is 4.79 Å². The molecule has 3 heteroatoms. The van der Waals surface area contributed by atoms with Crippen molar-refractivity contribution in [3.8, 4) is 0 Å². The van der Waals surface area contributed by atoms with E-state index in [2.05, 4.69) is 18.2 Å². The summed E-state index contributed by atoms with van der Waals surface area (Å²) in [6.45, 7) is 0. The Morgan fingerprint density at radius 3 is 2.88 bits per heavy atom. The zero-order valence-electron chi connectivity index (χ0n) is 9.78. The van der Waals surface area contributed by atoms with Gasteiger partial charge in [0.15, 0.2) is 0 Å². The van der Waals surface area contributed by atoms with Crippen LogP contribution >= 0.6 is 23.4 Å². The van der Waals surface area contributed by atoms with Crippen LogP contribution in [0.1, 0.15) is 24.8 Å². The van der Waals surface area contributed by atoms with Gasteiger partial charge >= 0.3 is 0 Å². The molecular formula is C14H15ClOS. The van der Waals surface area contributed by atoms with Crippen molar-refractivity contribution >= 4 is 35.2 Å². The number of halogens is 1. The molecular weight excluding hydrogens is 252 g/mol. The van der Waals surface area contributed by atoms with Gasteiger partial charge in [0.1, 0.15) is 5.78 Å². The van der Waals surface area contributed by atoms with E-state index in [1.807, 2.05) is 18.4 Å². The van der Waals surface area contributed by atoms with Crippen LogP contribution in [0.25, 0.3) is 6.08 Å². The topological polar surface area (TPSA) is 17.1 Å². The van der Waals surface area contributed by atoms with Crippen LogP contribution in [0.2, 0.25) is 5.02 Å². The normalized spacial score (nSPS) is 20.4. The van der Waals surface area contributed by atoms with Crippen LogP contribution < -0.4 is 0 Å². The third kappa shape index (κ3) is 3.36. The second-order valence-corrected chi connectivity index (χ2v) is 5.55. The molecule has 0 amide bonds. The van der Waals surface area contributed by atoms with Crippen molar-refractivity contribution in [2.45, 2.75) is 24.2 Å². The fourth-order valence-electron chi connectivity index (χ4n) is 2.04. The maximum Gasteiger partial charge on any atom is 0.133 e. The molecule has 1 aromatic carbocycles. The van der Waals surface area contributed by atoms with Gasteiger partial charge in [0.2, 0.25) is 0 Å². The highest BCUT2D eigenvalue weighted by atomic mass is 35.5. The zero-order valence-corrected chi connectivity index (χ0v) is 11.4. The minimum absolute atomic E-state index is 0.385. The lowest BCUT2D eigenvalue weighted by Crippen LogP contribution is -1.90. The average Bonchev–Trinajstić information content (AvgIpc) is 2.73. The van der Waals surface area contributed by atoms with Crippen molar-refractivity contribution in [3.05, 3.63) is 34.9 Å². The fourth-order valence-corrected chi connectivity index (χ4v) is 2.92. The van der Waals surface area contributed by atoms with Crippen LogP contribution in [-0.4, -0.2) is 12.0 Å². The van der Waals surface area contributed by atoms with Crippen LogP contribution in [0, 0.1) is 5.92 Å². The Bertz CT molecular complexity index is 454. The van der Waals surface area contributed by atoms with Gasteiger partial charge in [-0.2, -0.15) is 0 Å². The molecule has 1 saturated carbocycles. The fraction of sp³-hybridized carbons (Fsp3) is 0.357. The average molecular weight is 267 g/mol. The first-order valence-electron chi connectivity index (χ1n) is 5.72. The van der Waals surface area contributed by atoms with E-state index in [0.29, 0.717) is 18.1 Å². The lowest BCUT2D eigenvalue weighted by Gasteiger charge is -2.03. The SMILES string of the molecule is CSc1ccc(/C=C/[C@H]2CCC(=O)C2)cc1Cl. The third-order valence-electron chi connectivity index (χ3n) is 3.02. The van der Waals surface area contributed by atoms with E-state index < -0.39 is 0 Å². The van der Waals surface area contributed by atoms with Gasteiger partial charge in [-0.15, -0.1) is 11.8 Å². The van der Waals surface area contributed by atoms with Crippen LogP contribution in [0.3, 0.4) is 0 Å². The summed E-state index contributed by atoms with van der Waals surface area (Å²) < 4.78 is 0. The quantitative estimate of drug-likeness (QED) is 0.752. The third-order valence-corrected chi connectivity index (χ3v) is 4.24. The molecule has 1 atom stereocenters. The zero-order chi connectivity index (χ0) is 12.3. The smallest absolute Gasteiger partial charge is 0.133 e. The summed E-state index contributed by atoms with van der Waals surface area (Å²) >= 11 is 7.79. The Balaban J connectivity index is 2.06. The number of hydrogen-bond donors (Lipinski definition) is 0. The highest BCUT2D eigenvalue weighted by Gasteiger charge is 2.19. The van der Waals surface area contributed by atoms with Crippen molar-refractivity contribution in [3.63, 3.8) is 0 Å². The second-order valence-electron chi connectivity index (χ2n) is 4.29. The van der Waals surface area contributed by atoms with Gasteiger partial charge in [0, 0.05) is 17.7 Å². The molecule has 0 heterocycles. The maximum atomic E-state index is 11.1. The summed E-state index contributed by atoms with van der Waals surface area (Å²) in [6.07, 6.45) is 8.65. The summed E-state index contributed by atoms with van der Waals surface area (Å²) in [5.74, 6) is 0.803. The number of ketones is 1. The summed E-state index contributed by atoms with van der Waals surface area (Å²) in [5, 5.41) is 0.794. The summed E-state index contributed by atoms with van der Waals surface area (Å²) in [6, 6.07) is 6.07. The molecule has 1 aliphatic rings. The van der Waals surface area contributed by atoms with Crippen LogP contribution in [-0.2, 0) is 4.79 Å². The molecule has 0 radical (unpaired) electrons. The molecule has 1 aliphatic carbocycles. The highest BCUT2D eigenvalue weighted by Crippen LogP contribution is 2.28. The van der Waals surface area contributed by atoms with E-state index in [1.165, 1.54) is 0 Å². The van der Waals surface area contributed by atoms with E-state index in [-0.39, 0.29) is 0 Å². The predicted octanol–water partition coefficient (Wildman–Crippen LogP) is 4.44. The number of carbonyl (C=O) groups is 1. The lowest BCUT2D eigenvalue weighted by molar-refractivity contribution is -0.117. The molecule has 0 saturated heterocycles. The van der Waals surface area contributed by atoms with Gasteiger partial charge in [-0.25, -0.2) is 0 Å². The summed E-state index contributed by atoms with van der Waals surface area (Å²) in [4.78, 5) is 12.2. The molecule has 0 unspecified atom stereocenters. The highest BCUT2D eigenvalue weighted by molar-refractivity contribution is 7.98. The first-order chi connectivity index (χ1) is 8.19. The molecule has 1 nitrogen and oxygen atoms in total. The largest absolute Gasteiger partial charge is 0.300 e. The second kappa shape index (κ2) is 5.74. The van der Waals surface area contributed by atoms with Gasteiger partial charge in [-0.05, 0) is 36.3 Å². The molecule has 0 spiro atoms. The Kier molecular flexibility index (Phi) is 4.30. The van der Waals surface area contributed by atoms with Crippen LogP contribution in [0.4, 0.5) is 0 Å². The standard InChI is InChI=1S/C14H15ClOS/c1-17-14-7-5-11(9-13(14)15)3-2-10-4-6-12(16)8-10/h2-3,5,7,9-10H,4,6,8H2,1H3/b3-2+/t10-/m0/s1. The first kappa shape index (κ1) is 12.7. The van der Waals surface area contributed by atoms with Crippen molar-refractivity contribution in [1.29, 1.82) is 0 Å². The summed E-state index contributed by atoms with van der Waals surface area (Å²) in [7, 11) is 0. The number of thioether (sulfide) groups is 1. The summed E-state index contributed by atoms with van der Waals surface area (Å²) in [5.41, 5.74) is 1.10. The number of Topliss-reactive ketones (excluding diaryl/α,β-unsaturated/α-hetero) is 1. The van der Waals surface area contributed by atoms with Crippen molar-refractivity contribution in [2.75, 3.05) is 6.26 Å². The van der Waals surface area contributed by atoms with Crippen molar-refractivity contribution in [1.82, 2.24) is 0 Å². The molecule has 0 bridgehead atoms. The van der Waals surface area contributed by atoms with Gasteiger partial charge < -0.3 is 0 Å². The Morgan fingerprint density at radius 2 is 2.29 bits per heavy atom. The molecule has 1 fully saturated rings. The minimum atomic E-state index is 0.385. The number of carbonyl (C=O) groups excluding carboxylic acids is 1. The predicted molar refractivity (Wildman–Crippen MR) is 74.6 cm³/mol. The molecule has 0 aromatic heterocycles. The Labute approximate surface area is 111 Å². The number of benzene rings is 1. The molecule has 1 aromatic rings. The molecule has 0 N–H and O–H groups in total. The van der Waals surface area contributed by atoms with Crippen LogP contribution in [0.5, 0.6) is 0 Å². The van der Waals surface area contributed by atoms with Crippen molar-refractivity contribution in [2.24, 2.45) is 5.92 Å². The number of allylic oxidation sites excluding steroid dienone is 1. The maximum absolute atomic E-state index is 11.1. The van der Waals surface area contributed by atoms with Crippen LogP contribution in [0.15, 0.2) is 29.2 Å². The monoisotopic (exact) mass is 266 g/mol. The van der Waals surface area contributed by atoms with Gasteiger partial charge in [0.25, 0.3) is 0 Å². The molecule has 17 heavy (non-hydrogen) atoms. The van der Waals surface area contributed by atoms with E-state index in [1.54, 1.807) is 11.8 Å². The molecule has 0 aliphatic heterocycles. The van der Waals surface area contributed by atoms with E-state index in [9.17, 15) is 4.79 Å². The van der Waals surface area contributed by atoms with E-state index >= 15 is 0 Å².